The summed E-state index contributed by atoms with van der Waals surface area (Å²) in [5.74, 6) is -0.409. The van der Waals surface area contributed by atoms with Gasteiger partial charge >= 0.3 is 6.03 Å². The molecule has 33 heavy (non-hydrogen) atoms. The number of benzene rings is 1. The van der Waals surface area contributed by atoms with Gasteiger partial charge in [0, 0.05) is 12.2 Å². The standard InChI is InChI=1S/C23H32N4O6/c1-33-19-10-8-18(9-11-19)24-23(31)25-21(29)20-7-4-12-27(20)22(30)17(14-26(32)15-28)13-16-5-2-3-6-16/h8-11,15-17,20,32H,2-7,12-14H2,1H3,(H2,24,25,29,31). The summed E-state index contributed by atoms with van der Waals surface area (Å²) in [6, 6.07) is 5.21. The number of likely N-dealkylation sites (tertiary alicyclic amines) is 1. The topological polar surface area (TPSA) is 128 Å². The molecule has 1 saturated carbocycles. The Morgan fingerprint density at radius 1 is 1.18 bits per heavy atom. The van der Waals surface area contributed by atoms with Gasteiger partial charge in [-0.25, -0.2) is 9.86 Å². The summed E-state index contributed by atoms with van der Waals surface area (Å²) in [6.07, 6.45) is 6.19. The first kappa shape index (κ1) is 24.5. The zero-order valence-corrected chi connectivity index (χ0v) is 18.9. The van der Waals surface area contributed by atoms with E-state index in [1.165, 1.54) is 12.0 Å². The Morgan fingerprint density at radius 3 is 2.52 bits per heavy atom. The highest BCUT2D eigenvalue weighted by Crippen LogP contribution is 2.32. The van der Waals surface area contributed by atoms with Gasteiger partial charge in [0.2, 0.25) is 12.3 Å². The van der Waals surface area contributed by atoms with Crippen LogP contribution >= 0.6 is 0 Å². The largest absolute Gasteiger partial charge is 0.497 e. The van der Waals surface area contributed by atoms with Crippen LogP contribution in [0.2, 0.25) is 0 Å². The van der Waals surface area contributed by atoms with Gasteiger partial charge in [-0.15, -0.1) is 0 Å². The molecule has 5 amide bonds. The molecule has 0 bridgehead atoms. The Balaban J connectivity index is 1.61. The van der Waals surface area contributed by atoms with Crippen molar-refractivity contribution in [3.05, 3.63) is 24.3 Å². The van der Waals surface area contributed by atoms with Gasteiger partial charge < -0.3 is 15.0 Å². The Kier molecular flexibility index (Phi) is 8.65. The molecule has 180 valence electrons. The molecule has 3 rings (SSSR count). The number of hydroxylamine groups is 2. The van der Waals surface area contributed by atoms with Gasteiger partial charge in [0.05, 0.1) is 19.6 Å². The molecule has 10 nitrogen and oxygen atoms in total. The van der Waals surface area contributed by atoms with Crippen LogP contribution in [0.15, 0.2) is 24.3 Å². The maximum Gasteiger partial charge on any atom is 0.325 e. The molecule has 1 aliphatic heterocycles. The third kappa shape index (κ3) is 6.67. The number of nitrogens with zero attached hydrogens (tertiary/aromatic N) is 2. The highest BCUT2D eigenvalue weighted by Gasteiger charge is 2.39. The summed E-state index contributed by atoms with van der Waals surface area (Å²) in [7, 11) is 1.54. The molecule has 1 aromatic rings. The average Bonchev–Trinajstić information content (AvgIpc) is 3.50. The monoisotopic (exact) mass is 460 g/mol. The number of imide groups is 1. The minimum atomic E-state index is -0.770. The smallest absolute Gasteiger partial charge is 0.325 e. The van der Waals surface area contributed by atoms with Gasteiger partial charge in [-0.3, -0.25) is 24.9 Å². The average molecular weight is 461 g/mol. The molecule has 0 spiro atoms. The Bertz CT molecular complexity index is 840. The third-order valence-corrected chi connectivity index (χ3v) is 6.39. The van der Waals surface area contributed by atoms with Gasteiger partial charge in [-0.05, 0) is 49.4 Å². The number of amides is 5. The van der Waals surface area contributed by atoms with Gasteiger partial charge in [0.1, 0.15) is 11.8 Å². The number of nitrogens with one attached hydrogen (secondary N) is 2. The molecule has 10 heteroatoms. The Hall–Kier alpha value is -3.14. The van der Waals surface area contributed by atoms with E-state index in [9.17, 15) is 24.4 Å². The van der Waals surface area contributed by atoms with Crippen molar-refractivity contribution in [3.63, 3.8) is 0 Å². The van der Waals surface area contributed by atoms with E-state index in [2.05, 4.69) is 10.6 Å². The highest BCUT2D eigenvalue weighted by atomic mass is 16.5. The number of carbonyl (C=O) groups is 4. The Labute approximate surface area is 193 Å². The number of hydrogen-bond acceptors (Lipinski definition) is 6. The normalized spacial score (nSPS) is 19.1. The summed E-state index contributed by atoms with van der Waals surface area (Å²) >= 11 is 0. The van der Waals surface area contributed by atoms with Crippen molar-refractivity contribution in [1.29, 1.82) is 0 Å². The second kappa shape index (κ2) is 11.6. The van der Waals surface area contributed by atoms with Crippen molar-refractivity contribution in [2.45, 2.75) is 51.0 Å². The van der Waals surface area contributed by atoms with Crippen LogP contribution in [0.4, 0.5) is 10.5 Å². The van der Waals surface area contributed by atoms with Gasteiger partial charge in [0.15, 0.2) is 0 Å². The van der Waals surface area contributed by atoms with E-state index >= 15 is 0 Å². The number of anilines is 1. The molecular weight excluding hydrogens is 428 g/mol. The fraction of sp³-hybridized carbons (Fsp3) is 0.565. The van der Waals surface area contributed by atoms with Crippen LogP contribution in [0, 0.1) is 11.8 Å². The van der Waals surface area contributed by atoms with Crippen LogP contribution in [0.5, 0.6) is 5.75 Å². The molecule has 1 aromatic carbocycles. The van der Waals surface area contributed by atoms with Crippen molar-refractivity contribution in [2.75, 3.05) is 25.5 Å². The zero-order valence-electron chi connectivity index (χ0n) is 18.9. The fourth-order valence-corrected chi connectivity index (χ4v) is 4.74. The SMILES string of the molecule is COc1ccc(NC(=O)NC(=O)C2CCCN2C(=O)C(CC2CCCC2)CN(O)C=O)cc1. The second-order valence-corrected chi connectivity index (χ2v) is 8.67. The van der Waals surface area contributed by atoms with Gasteiger partial charge in [-0.2, -0.15) is 0 Å². The lowest BCUT2D eigenvalue weighted by Gasteiger charge is -2.30. The number of rotatable bonds is 9. The molecule has 2 unspecified atom stereocenters. The van der Waals surface area contributed by atoms with Gasteiger partial charge in [0.25, 0.3) is 5.91 Å². The minimum Gasteiger partial charge on any atom is -0.497 e. The van der Waals surface area contributed by atoms with Crippen LogP contribution in [-0.2, 0) is 14.4 Å². The number of carbonyl (C=O) groups excluding carboxylic acids is 4. The first-order valence-corrected chi connectivity index (χ1v) is 11.4. The molecule has 2 fully saturated rings. The molecule has 2 aliphatic rings. The van der Waals surface area contributed by atoms with E-state index in [0.29, 0.717) is 48.2 Å². The van der Waals surface area contributed by atoms with Crippen molar-refractivity contribution in [2.24, 2.45) is 11.8 Å². The van der Waals surface area contributed by atoms with Crippen LogP contribution in [-0.4, -0.2) is 65.7 Å². The Morgan fingerprint density at radius 2 is 1.88 bits per heavy atom. The number of urea groups is 1. The molecule has 0 radical (unpaired) electrons. The van der Waals surface area contributed by atoms with E-state index in [4.69, 9.17) is 4.74 Å². The number of methoxy groups -OCH3 is 1. The van der Waals surface area contributed by atoms with E-state index in [1.807, 2.05) is 0 Å². The number of ether oxygens (including phenoxy) is 1. The summed E-state index contributed by atoms with van der Waals surface area (Å²) in [5.41, 5.74) is 0.494. The molecule has 2 atom stereocenters. The third-order valence-electron chi connectivity index (χ3n) is 6.39. The van der Waals surface area contributed by atoms with Gasteiger partial charge in [-0.1, -0.05) is 25.7 Å². The van der Waals surface area contributed by atoms with Crippen molar-refractivity contribution < 1.29 is 29.1 Å². The van der Waals surface area contributed by atoms with E-state index in [0.717, 1.165) is 25.7 Å². The van der Waals surface area contributed by atoms with Crippen molar-refractivity contribution >= 4 is 29.9 Å². The molecule has 3 N–H and O–H groups in total. The molecule has 1 saturated heterocycles. The zero-order chi connectivity index (χ0) is 23.8. The van der Waals surface area contributed by atoms with Crippen LogP contribution in [0.1, 0.15) is 44.9 Å². The lowest BCUT2D eigenvalue weighted by molar-refractivity contribution is -0.158. The van der Waals surface area contributed by atoms with Crippen molar-refractivity contribution in [1.82, 2.24) is 15.3 Å². The first-order valence-electron chi connectivity index (χ1n) is 11.4. The molecule has 1 heterocycles. The summed E-state index contributed by atoms with van der Waals surface area (Å²) in [4.78, 5) is 50.8. The number of hydrogen-bond donors (Lipinski definition) is 3. The lowest BCUT2D eigenvalue weighted by Crippen LogP contribution is -2.51. The maximum absolute atomic E-state index is 13.3. The van der Waals surface area contributed by atoms with Crippen LogP contribution < -0.4 is 15.4 Å². The maximum atomic E-state index is 13.3. The predicted molar refractivity (Wildman–Crippen MR) is 120 cm³/mol. The minimum absolute atomic E-state index is 0.109. The van der Waals surface area contributed by atoms with Crippen LogP contribution in [0.25, 0.3) is 0 Å². The second-order valence-electron chi connectivity index (χ2n) is 8.67. The highest BCUT2D eigenvalue weighted by molar-refractivity contribution is 6.04. The predicted octanol–water partition coefficient (Wildman–Crippen LogP) is 2.38. The fourth-order valence-electron chi connectivity index (χ4n) is 4.74. The molecular formula is C23H32N4O6. The lowest BCUT2D eigenvalue weighted by atomic mass is 9.91. The molecule has 0 aromatic heterocycles. The van der Waals surface area contributed by atoms with E-state index in [-0.39, 0.29) is 18.9 Å². The first-order chi connectivity index (χ1) is 15.9. The molecule has 1 aliphatic carbocycles. The summed E-state index contributed by atoms with van der Waals surface area (Å²) in [6.45, 7) is 0.284. The van der Waals surface area contributed by atoms with Crippen LogP contribution in [0.3, 0.4) is 0 Å². The van der Waals surface area contributed by atoms with E-state index < -0.39 is 23.9 Å². The summed E-state index contributed by atoms with van der Waals surface area (Å²) in [5, 5.41) is 15.1. The van der Waals surface area contributed by atoms with E-state index in [1.54, 1.807) is 24.3 Å². The quantitative estimate of drug-likeness (QED) is 0.295. The van der Waals surface area contributed by atoms with Crippen molar-refractivity contribution in [3.8, 4) is 5.75 Å². The summed E-state index contributed by atoms with van der Waals surface area (Å²) < 4.78 is 5.07.